The number of benzene rings is 2. The maximum atomic E-state index is 12.6. The lowest BCUT2D eigenvalue weighted by molar-refractivity contribution is -0.138. The minimum atomic E-state index is -4.68. The molecule has 2 rings (SSSR count). The molecule has 23 heavy (non-hydrogen) atoms. The average Bonchev–Trinajstić information content (AvgIpc) is 2.48. The molecule has 0 unspecified atom stereocenters. The molecule has 0 radical (unpaired) electrons. The van der Waals surface area contributed by atoms with Crippen molar-refractivity contribution in [2.75, 3.05) is 0 Å². The standard InChI is InChI=1S/C15H10ClF3N2O2/c16-11-6-4-9(5-7-11)14(23)21-20-8-10-2-1-3-12(13(10)22)15(17,18)19/h1-8,22H,(H,21,23)/b20-8+. The van der Waals surface area contributed by atoms with Crippen LogP contribution in [0.2, 0.25) is 5.02 Å². The molecule has 0 saturated carbocycles. The Kier molecular flexibility index (Phi) is 4.90. The summed E-state index contributed by atoms with van der Waals surface area (Å²) in [6, 6.07) is 9.08. The fourth-order valence-corrected chi connectivity index (χ4v) is 1.85. The third-order valence-corrected chi connectivity index (χ3v) is 3.10. The highest BCUT2D eigenvalue weighted by atomic mass is 35.5. The number of hydrogen-bond acceptors (Lipinski definition) is 3. The molecule has 0 aliphatic rings. The first-order chi connectivity index (χ1) is 10.8. The lowest BCUT2D eigenvalue weighted by Gasteiger charge is -2.10. The minimum Gasteiger partial charge on any atom is -0.507 e. The summed E-state index contributed by atoms with van der Waals surface area (Å²) in [5, 5.41) is 13.6. The van der Waals surface area contributed by atoms with E-state index in [1.807, 2.05) is 0 Å². The van der Waals surface area contributed by atoms with Crippen molar-refractivity contribution in [2.45, 2.75) is 6.18 Å². The van der Waals surface area contributed by atoms with Gasteiger partial charge in [0.25, 0.3) is 5.91 Å². The number of amides is 1. The Labute approximate surface area is 134 Å². The summed E-state index contributed by atoms with van der Waals surface area (Å²) >= 11 is 5.69. The van der Waals surface area contributed by atoms with Gasteiger partial charge >= 0.3 is 6.18 Å². The maximum Gasteiger partial charge on any atom is 0.419 e. The van der Waals surface area contributed by atoms with Gasteiger partial charge in [-0.25, -0.2) is 5.43 Å². The SMILES string of the molecule is O=C(N/N=C/c1cccc(C(F)(F)F)c1O)c1ccc(Cl)cc1. The number of nitrogens with one attached hydrogen (secondary N) is 1. The van der Waals surface area contributed by atoms with E-state index >= 15 is 0 Å². The molecule has 0 heterocycles. The van der Waals surface area contributed by atoms with Gasteiger partial charge in [0.15, 0.2) is 0 Å². The molecule has 120 valence electrons. The summed E-state index contributed by atoms with van der Waals surface area (Å²) in [4.78, 5) is 11.7. The van der Waals surface area contributed by atoms with E-state index in [-0.39, 0.29) is 11.1 Å². The van der Waals surface area contributed by atoms with Gasteiger partial charge in [-0.1, -0.05) is 17.7 Å². The van der Waals surface area contributed by atoms with E-state index in [0.717, 1.165) is 18.3 Å². The zero-order valence-electron chi connectivity index (χ0n) is 11.4. The highest BCUT2D eigenvalue weighted by Crippen LogP contribution is 2.36. The van der Waals surface area contributed by atoms with Crippen LogP contribution in [0, 0.1) is 0 Å². The number of para-hydroxylation sites is 1. The second-order valence-corrected chi connectivity index (χ2v) is 4.88. The van der Waals surface area contributed by atoms with Crippen LogP contribution in [0.3, 0.4) is 0 Å². The lowest BCUT2D eigenvalue weighted by Crippen LogP contribution is -2.17. The molecule has 2 N–H and O–H groups in total. The molecule has 4 nitrogen and oxygen atoms in total. The Morgan fingerprint density at radius 1 is 1.17 bits per heavy atom. The van der Waals surface area contributed by atoms with Crippen LogP contribution in [0.4, 0.5) is 13.2 Å². The predicted molar refractivity (Wildman–Crippen MR) is 79.6 cm³/mol. The van der Waals surface area contributed by atoms with Gasteiger partial charge in [-0.05, 0) is 36.4 Å². The van der Waals surface area contributed by atoms with Crippen LogP contribution in [-0.2, 0) is 6.18 Å². The molecule has 8 heteroatoms. The smallest absolute Gasteiger partial charge is 0.419 e. The zero-order chi connectivity index (χ0) is 17.0. The summed E-state index contributed by atoms with van der Waals surface area (Å²) in [6.07, 6.45) is -3.75. The Bertz CT molecular complexity index is 743. The van der Waals surface area contributed by atoms with Crippen molar-refractivity contribution in [3.8, 4) is 5.75 Å². The van der Waals surface area contributed by atoms with Crippen LogP contribution in [0.15, 0.2) is 47.6 Å². The first-order valence-corrected chi connectivity index (χ1v) is 6.65. The molecule has 0 bridgehead atoms. The fraction of sp³-hybridized carbons (Fsp3) is 0.0667. The number of carbonyl (C=O) groups is 1. The molecule has 0 fully saturated rings. The van der Waals surface area contributed by atoms with E-state index < -0.39 is 23.4 Å². The lowest BCUT2D eigenvalue weighted by atomic mass is 10.1. The summed E-state index contributed by atoms with van der Waals surface area (Å²) < 4.78 is 37.9. The van der Waals surface area contributed by atoms with Crippen LogP contribution in [0.25, 0.3) is 0 Å². The molecular weight excluding hydrogens is 333 g/mol. The van der Waals surface area contributed by atoms with Crippen LogP contribution < -0.4 is 5.43 Å². The van der Waals surface area contributed by atoms with E-state index in [9.17, 15) is 23.1 Å². The molecule has 2 aromatic carbocycles. The number of alkyl halides is 3. The highest BCUT2D eigenvalue weighted by Gasteiger charge is 2.34. The van der Waals surface area contributed by atoms with Gasteiger partial charge < -0.3 is 5.11 Å². The van der Waals surface area contributed by atoms with E-state index in [4.69, 9.17) is 11.6 Å². The van der Waals surface area contributed by atoms with Crippen molar-refractivity contribution in [1.29, 1.82) is 0 Å². The van der Waals surface area contributed by atoms with Crippen molar-refractivity contribution in [1.82, 2.24) is 5.43 Å². The summed E-state index contributed by atoms with van der Waals surface area (Å²) in [6.45, 7) is 0. The fourth-order valence-electron chi connectivity index (χ4n) is 1.72. The number of hydrogen-bond donors (Lipinski definition) is 2. The highest BCUT2D eigenvalue weighted by molar-refractivity contribution is 6.30. The number of nitrogens with zero attached hydrogens (tertiary/aromatic N) is 1. The zero-order valence-corrected chi connectivity index (χ0v) is 12.2. The number of phenolic OH excluding ortho intramolecular Hbond substituents is 1. The quantitative estimate of drug-likeness (QED) is 0.658. The topological polar surface area (TPSA) is 61.7 Å². The third-order valence-electron chi connectivity index (χ3n) is 2.85. The normalized spacial score (nSPS) is 11.7. The van der Waals surface area contributed by atoms with Gasteiger partial charge in [-0.3, -0.25) is 4.79 Å². The van der Waals surface area contributed by atoms with E-state index in [1.165, 1.54) is 30.3 Å². The molecule has 1 amide bonds. The van der Waals surface area contributed by atoms with E-state index in [1.54, 1.807) is 0 Å². The van der Waals surface area contributed by atoms with Gasteiger partial charge in [0.2, 0.25) is 0 Å². The number of carbonyl (C=O) groups excluding carboxylic acids is 1. The third kappa shape index (κ3) is 4.23. The minimum absolute atomic E-state index is 0.170. The summed E-state index contributed by atoms with van der Waals surface area (Å²) in [5.41, 5.74) is 1.08. The predicted octanol–water partition coefficient (Wildman–Crippen LogP) is 3.83. The largest absolute Gasteiger partial charge is 0.507 e. The van der Waals surface area contributed by atoms with Gasteiger partial charge in [-0.2, -0.15) is 18.3 Å². The first-order valence-electron chi connectivity index (χ1n) is 6.27. The van der Waals surface area contributed by atoms with Crippen LogP contribution in [-0.4, -0.2) is 17.2 Å². The van der Waals surface area contributed by atoms with Gasteiger partial charge in [0, 0.05) is 16.1 Å². The molecule has 0 aliphatic heterocycles. The second-order valence-electron chi connectivity index (χ2n) is 4.45. The summed E-state index contributed by atoms with van der Waals surface area (Å²) in [7, 11) is 0. The van der Waals surface area contributed by atoms with Gasteiger partial charge in [0.1, 0.15) is 5.75 Å². The molecule has 0 atom stereocenters. The van der Waals surface area contributed by atoms with Crippen molar-refractivity contribution >= 4 is 23.7 Å². The summed E-state index contributed by atoms with van der Waals surface area (Å²) in [5.74, 6) is -1.52. The number of hydrazone groups is 1. The van der Waals surface area contributed by atoms with Gasteiger partial charge in [0.05, 0.1) is 11.8 Å². The first kappa shape index (κ1) is 16.8. The molecule has 0 spiro atoms. The van der Waals surface area contributed by atoms with Gasteiger partial charge in [-0.15, -0.1) is 0 Å². The number of halogens is 4. The van der Waals surface area contributed by atoms with Crippen molar-refractivity contribution < 1.29 is 23.1 Å². The Morgan fingerprint density at radius 3 is 2.43 bits per heavy atom. The average molecular weight is 343 g/mol. The molecular formula is C15H10ClF3N2O2. The molecule has 2 aromatic rings. The Morgan fingerprint density at radius 2 is 1.83 bits per heavy atom. The molecule has 0 aromatic heterocycles. The van der Waals surface area contributed by atoms with Crippen LogP contribution in [0.5, 0.6) is 5.75 Å². The maximum absolute atomic E-state index is 12.6. The van der Waals surface area contributed by atoms with Crippen molar-refractivity contribution in [3.05, 3.63) is 64.2 Å². The Balaban J connectivity index is 2.12. The van der Waals surface area contributed by atoms with E-state index in [2.05, 4.69) is 10.5 Å². The van der Waals surface area contributed by atoms with Crippen LogP contribution in [0.1, 0.15) is 21.5 Å². The van der Waals surface area contributed by atoms with E-state index in [0.29, 0.717) is 5.02 Å². The van der Waals surface area contributed by atoms with Crippen molar-refractivity contribution in [2.24, 2.45) is 5.10 Å². The monoisotopic (exact) mass is 342 g/mol. The number of rotatable bonds is 3. The van der Waals surface area contributed by atoms with Crippen molar-refractivity contribution in [3.63, 3.8) is 0 Å². The molecule has 0 aliphatic carbocycles. The Hall–Kier alpha value is -2.54. The number of phenols is 1. The second kappa shape index (κ2) is 6.70. The van der Waals surface area contributed by atoms with Crippen LogP contribution >= 0.6 is 11.6 Å². The molecule has 0 saturated heterocycles. The number of aromatic hydroxyl groups is 1.